The molecule has 1 aromatic carbocycles. The van der Waals surface area contributed by atoms with Crippen LogP contribution >= 0.6 is 28.1 Å². The molecule has 20 heavy (non-hydrogen) atoms. The minimum absolute atomic E-state index is 0.670. The first-order valence-corrected chi connectivity index (χ1v) is 7.96. The molecular weight excluding hydrogens is 338 g/mol. The van der Waals surface area contributed by atoms with Gasteiger partial charge in [-0.3, -0.25) is 4.90 Å². The maximum absolute atomic E-state index is 5.32. The molecule has 1 saturated heterocycles. The van der Waals surface area contributed by atoms with E-state index < -0.39 is 0 Å². The first kappa shape index (κ1) is 15.7. The summed E-state index contributed by atoms with van der Waals surface area (Å²) in [6.45, 7) is 7.58. The van der Waals surface area contributed by atoms with Gasteiger partial charge in [-0.25, -0.2) is 0 Å². The van der Waals surface area contributed by atoms with Crippen molar-refractivity contribution in [2.24, 2.45) is 0 Å². The lowest BCUT2D eigenvalue weighted by atomic mass is 10.2. The van der Waals surface area contributed by atoms with E-state index in [1.807, 2.05) is 12.1 Å². The lowest BCUT2D eigenvalue weighted by Gasteiger charge is -2.26. The summed E-state index contributed by atoms with van der Waals surface area (Å²) in [4.78, 5) is 2.38. The molecule has 1 aromatic rings. The maximum atomic E-state index is 5.32. The highest BCUT2D eigenvalue weighted by molar-refractivity contribution is 9.10. The number of aryl methyl sites for hydroxylation is 1. The molecule has 4 nitrogen and oxygen atoms in total. The summed E-state index contributed by atoms with van der Waals surface area (Å²) >= 11 is 8.77. The number of nitrogens with one attached hydrogen (secondary N) is 2. The van der Waals surface area contributed by atoms with Gasteiger partial charge in [0.2, 0.25) is 0 Å². The van der Waals surface area contributed by atoms with Gasteiger partial charge in [0.15, 0.2) is 5.11 Å². The Labute approximate surface area is 134 Å². The summed E-state index contributed by atoms with van der Waals surface area (Å²) in [6.07, 6.45) is 0. The van der Waals surface area contributed by atoms with Gasteiger partial charge in [0.05, 0.1) is 13.2 Å². The third kappa shape index (κ3) is 5.01. The molecule has 1 aliphatic heterocycles. The standard InChI is InChI=1S/C14H20BrN3OS/c1-11-10-12(15)2-3-13(11)17-14(20)16-4-5-18-6-8-19-9-7-18/h2-3,10H,4-9H2,1H3,(H2,16,17,20). The van der Waals surface area contributed by atoms with Gasteiger partial charge < -0.3 is 15.4 Å². The first-order chi connectivity index (χ1) is 9.65. The number of rotatable bonds is 4. The van der Waals surface area contributed by atoms with E-state index in [4.69, 9.17) is 17.0 Å². The average Bonchev–Trinajstić information content (AvgIpc) is 2.43. The second kappa shape index (κ2) is 7.93. The fourth-order valence-corrected chi connectivity index (χ4v) is 2.77. The van der Waals surface area contributed by atoms with Crippen LogP contribution in [0.2, 0.25) is 0 Å². The van der Waals surface area contributed by atoms with Crippen molar-refractivity contribution in [1.82, 2.24) is 10.2 Å². The fourth-order valence-electron chi connectivity index (χ4n) is 2.09. The van der Waals surface area contributed by atoms with Crippen molar-refractivity contribution in [1.29, 1.82) is 0 Å². The zero-order chi connectivity index (χ0) is 14.4. The van der Waals surface area contributed by atoms with Gasteiger partial charge in [-0.15, -0.1) is 0 Å². The van der Waals surface area contributed by atoms with Crippen molar-refractivity contribution in [3.8, 4) is 0 Å². The molecule has 0 unspecified atom stereocenters. The van der Waals surface area contributed by atoms with Crippen LogP contribution in [0.1, 0.15) is 5.56 Å². The average molecular weight is 358 g/mol. The third-order valence-electron chi connectivity index (χ3n) is 3.25. The van der Waals surface area contributed by atoms with Crippen molar-refractivity contribution >= 4 is 38.9 Å². The van der Waals surface area contributed by atoms with Gasteiger partial charge in [0.1, 0.15) is 0 Å². The van der Waals surface area contributed by atoms with Crippen molar-refractivity contribution < 1.29 is 4.74 Å². The minimum atomic E-state index is 0.670. The van der Waals surface area contributed by atoms with Crippen LogP contribution in [0.5, 0.6) is 0 Å². The summed E-state index contributed by atoms with van der Waals surface area (Å²) in [5.74, 6) is 0. The molecule has 0 bridgehead atoms. The van der Waals surface area contributed by atoms with Gasteiger partial charge in [0.25, 0.3) is 0 Å². The Morgan fingerprint density at radius 1 is 1.40 bits per heavy atom. The number of anilines is 1. The number of ether oxygens (including phenoxy) is 1. The van der Waals surface area contributed by atoms with Crippen LogP contribution in [0.25, 0.3) is 0 Å². The van der Waals surface area contributed by atoms with E-state index in [-0.39, 0.29) is 0 Å². The Hall–Kier alpha value is -0.690. The maximum Gasteiger partial charge on any atom is 0.170 e. The van der Waals surface area contributed by atoms with E-state index >= 15 is 0 Å². The Balaban J connectivity index is 1.72. The summed E-state index contributed by atoms with van der Waals surface area (Å²) in [5, 5.41) is 7.15. The second-order valence-corrected chi connectivity index (χ2v) is 6.12. The minimum Gasteiger partial charge on any atom is -0.379 e. The van der Waals surface area contributed by atoms with Gasteiger partial charge in [-0.05, 0) is 42.9 Å². The molecule has 0 saturated carbocycles. The van der Waals surface area contributed by atoms with Gasteiger partial charge in [-0.2, -0.15) is 0 Å². The van der Waals surface area contributed by atoms with E-state index in [0.717, 1.165) is 55.1 Å². The van der Waals surface area contributed by atoms with Crippen LogP contribution < -0.4 is 10.6 Å². The molecule has 1 fully saturated rings. The van der Waals surface area contributed by atoms with Crippen LogP contribution in [0.3, 0.4) is 0 Å². The first-order valence-electron chi connectivity index (χ1n) is 6.76. The zero-order valence-corrected chi connectivity index (χ0v) is 14.0. The Morgan fingerprint density at radius 3 is 2.85 bits per heavy atom. The number of halogens is 1. The fraction of sp³-hybridized carbons (Fsp3) is 0.500. The SMILES string of the molecule is Cc1cc(Br)ccc1NC(=S)NCCN1CCOCC1. The quantitative estimate of drug-likeness (QED) is 0.809. The normalized spacial score (nSPS) is 15.9. The van der Waals surface area contributed by atoms with E-state index in [1.165, 1.54) is 0 Å². The zero-order valence-electron chi connectivity index (χ0n) is 11.6. The van der Waals surface area contributed by atoms with E-state index in [9.17, 15) is 0 Å². The number of hydrogen-bond acceptors (Lipinski definition) is 3. The van der Waals surface area contributed by atoms with Gasteiger partial charge in [0, 0.05) is 36.3 Å². The predicted octanol–water partition coefficient (Wildman–Crippen LogP) is 2.38. The highest BCUT2D eigenvalue weighted by atomic mass is 79.9. The predicted molar refractivity (Wildman–Crippen MR) is 90.4 cm³/mol. The summed E-state index contributed by atoms with van der Waals surface area (Å²) in [7, 11) is 0. The largest absolute Gasteiger partial charge is 0.379 e. The lowest BCUT2D eigenvalue weighted by molar-refractivity contribution is 0.0389. The number of nitrogens with zero attached hydrogens (tertiary/aromatic N) is 1. The van der Waals surface area contributed by atoms with Gasteiger partial charge in [-0.1, -0.05) is 15.9 Å². The summed E-state index contributed by atoms with van der Waals surface area (Å²) < 4.78 is 6.40. The molecule has 0 atom stereocenters. The number of benzene rings is 1. The Kier molecular flexibility index (Phi) is 6.22. The molecule has 0 amide bonds. The molecule has 2 rings (SSSR count). The van der Waals surface area contributed by atoms with Crippen molar-refractivity contribution in [2.75, 3.05) is 44.7 Å². The molecule has 1 heterocycles. The van der Waals surface area contributed by atoms with Crippen LogP contribution in [0, 0.1) is 6.92 Å². The molecule has 0 spiro atoms. The summed E-state index contributed by atoms with van der Waals surface area (Å²) in [5.41, 5.74) is 2.20. The molecule has 0 radical (unpaired) electrons. The molecule has 0 aromatic heterocycles. The lowest BCUT2D eigenvalue weighted by Crippen LogP contribution is -2.42. The second-order valence-electron chi connectivity index (χ2n) is 4.79. The van der Waals surface area contributed by atoms with Crippen LogP contribution in [-0.4, -0.2) is 49.4 Å². The highest BCUT2D eigenvalue weighted by Crippen LogP contribution is 2.19. The van der Waals surface area contributed by atoms with Crippen molar-refractivity contribution in [3.05, 3.63) is 28.2 Å². The van der Waals surface area contributed by atoms with E-state index in [2.05, 4.69) is 44.5 Å². The topological polar surface area (TPSA) is 36.5 Å². The van der Waals surface area contributed by atoms with Crippen LogP contribution in [0.15, 0.2) is 22.7 Å². The molecule has 2 N–H and O–H groups in total. The van der Waals surface area contributed by atoms with Crippen LogP contribution in [0.4, 0.5) is 5.69 Å². The van der Waals surface area contributed by atoms with E-state index in [0.29, 0.717) is 5.11 Å². The monoisotopic (exact) mass is 357 g/mol. The number of morpholine rings is 1. The molecule has 6 heteroatoms. The Bertz CT molecular complexity index is 464. The smallest absolute Gasteiger partial charge is 0.170 e. The molecule has 0 aliphatic carbocycles. The van der Waals surface area contributed by atoms with Gasteiger partial charge >= 0.3 is 0 Å². The number of thiocarbonyl (C=S) groups is 1. The van der Waals surface area contributed by atoms with E-state index in [1.54, 1.807) is 0 Å². The molecule has 1 aliphatic rings. The van der Waals surface area contributed by atoms with Crippen molar-refractivity contribution in [2.45, 2.75) is 6.92 Å². The Morgan fingerprint density at radius 2 is 2.15 bits per heavy atom. The molecular formula is C14H20BrN3OS. The highest BCUT2D eigenvalue weighted by Gasteiger charge is 2.09. The third-order valence-corrected chi connectivity index (χ3v) is 3.99. The molecule has 110 valence electrons. The number of hydrogen-bond donors (Lipinski definition) is 2. The summed E-state index contributed by atoms with van der Waals surface area (Å²) in [6, 6.07) is 6.10. The van der Waals surface area contributed by atoms with Crippen molar-refractivity contribution in [3.63, 3.8) is 0 Å². The van der Waals surface area contributed by atoms with Crippen LogP contribution in [-0.2, 0) is 4.74 Å².